The first-order valence-electron chi connectivity index (χ1n) is 17.3. The van der Waals surface area contributed by atoms with E-state index in [-0.39, 0.29) is 23.9 Å². The van der Waals surface area contributed by atoms with Crippen LogP contribution in [0.15, 0.2) is 36.5 Å². The standard InChI is InChI=1S/C36H43N7O3/c1-46-30-15-26(36(45)42-20-25-10-11-28(42)31(25)37)13-27-32(30)43(19-22-16-40(17-22)35(44)23-5-2-3-6-23)34(39-27)29-14-24-7-4-12-38-33(24)41(29)18-21-8-9-21/h4,7,12-15,21-23,25,28,31H,2-3,5-6,8-11,16-20,37H2,1H3/t25-,28-,31-/m1/s1. The minimum Gasteiger partial charge on any atom is -0.494 e. The summed E-state index contributed by atoms with van der Waals surface area (Å²) in [6.07, 6.45) is 10.8. The van der Waals surface area contributed by atoms with Crippen LogP contribution in [0.5, 0.6) is 5.75 Å². The average Bonchev–Trinajstić information content (AvgIpc) is 3.44. The molecule has 5 aliphatic rings. The molecule has 0 spiro atoms. The predicted octanol–water partition coefficient (Wildman–Crippen LogP) is 4.68. The van der Waals surface area contributed by atoms with Gasteiger partial charge < -0.3 is 29.4 Å². The van der Waals surface area contributed by atoms with Crippen molar-refractivity contribution in [3.63, 3.8) is 0 Å². The number of fused-ring (bicyclic) bond motifs is 4. The van der Waals surface area contributed by atoms with E-state index in [1.54, 1.807) is 7.11 Å². The van der Waals surface area contributed by atoms with E-state index < -0.39 is 0 Å². The molecule has 5 heterocycles. The van der Waals surface area contributed by atoms with Gasteiger partial charge in [-0.25, -0.2) is 9.97 Å². The van der Waals surface area contributed by atoms with E-state index in [2.05, 4.69) is 26.2 Å². The Kier molecular flexibility index (Phi) is 6.66. The van der Waals surface area contributed by atoms with Crippen molar-refractivity contribution >= 4 is 33.9 Å². The number of benzene rings is 1. The zero-order chi connectivity index (χ0) is 31.1. The summed E-state index contributed by atoms with van der Waals surface area (Å²) in [5.74, 6) is 3.39. The highest BCUT2D eigenvalue weighted by Gasteiger charge is 2.47. The molecule has 3 saturated carbocycles. The van der Waals surface area contributed by atoms with Gasteiger partial charge >= 0.3 is 0 Å². The number of nitrogens with two attached hydrogens (primary N) is 1. The van der Waals surface area contributed by atoms with Gasteiger partial charge in [-0.15, -0.1) is 0 Å². The summed E-state index contributed by atoms with van der Waals surface area (Å²) in [4.78, 5) is 41.2. The monoisotopic (exact) mass is 621 g/mol. The summed E-state index contributed by atoms with van der Waals surface area (Å²) in [7, 11) is 1.67. The second kappa shape index (κ2) is 10.8. The first-order chi connectivity index (χ1) is 22.5. The summed E-state index contributed by atoms with van der Waals surface area (Å²) in [5.41, 5.74) is 10.7. The quantitative estimate of drug-likeness (QED) is 0.306. The van der Waals surface area contributed by atoms with Crippen molar-refractivity contribution in [1.29, 1.82) is 0 Å². The minimum absolute atomic E-state index is 0.00561. The molecule has 3 atom stereocenters. The van der Waals surface area contributed by atoms with Crippen LogP contribution in [0.25, 0.3) is 33.6 Å². The molecule has 10 heteroatoms. The Morgan fingerprint density at radius 3 is 2.48 bits per heavy atom. The SMILES string of the molecule is COc1cc(C(=O)N2C[C@H]3CC[C@@H]2[C@@H]3N)cc2nc(-c3cc4cccnc4n3CC3CC3)n(CC3CN(C(=O)C4CCCC4)C3)c12. The van der Waals surface area contributed by atoms with E-state index in [9.17, 15) is 9.59 Å². The second-order valence-corrected chi connectivity index (χ2v) is 14.6. The molecule has 2 saturated heterocycles. The molecule has 5 fully saturated rings. The number of rotatable bonds is 8. The van der Waals surface area contributed by atoms with E-state index in [1.165, 1.54) is 12.8 Å². The molecule has 4 aromatic rings. The zero-order valence-electron chi connectivity index (χ0n) is 26.6. The van der Waals surface area contributed by atoms with Crippen molar-refractivity contribution in [1.82, 2.24) is 28.9 Å². The maximum Gasteiger partial charge on any atom is 0.254 e. The third kappa shape index (κ3) is 4.54. The number of nitrogens with zero attached hydrogens (tertiary/aromatic N) is 6. The number of aromatic nitrogens is 4. The van der Waals surface area contributed by atoms with E-state index in [0.29, 0.717) is 41.5 Å². The summed E-state index contributed by atoms with van der Waals surface area (Å²) >= 11 is 0. The lowest BCUT2D eigenvalue weighted by Crippen LogP contribution is -2.53. The van der Waals surface area contributed by atoms with Crippen molar-refractivity contribution < 1.29 is 14.3 Å². The molecule has 0 unspecified atom stereocenters. The van der Waals surface area contributed by atoms with Crippen molar-refractivity contribution in [3.8, 4) is 17.3 Å². The second-order valence-electron chi connectivity index (χ2n) is 14.6. The third-order valence-electron chi connectivity index (χ3n) is 11.6. The molecule has 46 heavy (non-hydrogen) atoms. The van der Waals surface area contributed by atoms with Crippen LogP contribution in [0.1, 0.15) is 61.7 Å². The van der Waals surface area contributed by atoms with Crippen molar-refractivity contribution in [3.05, 3.63) is 42.1 Å². The Bertz CT molecular complexity index is 1840. The molecule has 0 radical (unpaired) electrons. The summed E-state index contributed by atoms with van der Waals surface area (Å²) in [6, 6.07) is 10.3. The fraction of sp³-hybridized carbons (Fsp3) is 0.556. The summed E-state index contributed by atoms with van der Waals surface area (Å²) in [6.45, 7) is 3.87. The average molecular weight is 622 g/mol. The van der Waals surface area contributed by atoms with Crippen LogP contribution in [-0.2, 0) is 17.9 Å². The van der Waals surface area contributed by atoms with Crippen LogP contribution in [-0.4, -0.2) is 79.5 Å². The largest absolute Gasteiger partial charge is 0.494 e. The van der Waals surface area contributed by atoms with Crippen LogP contribution in [0.4, 0.5) is 0 Å². The van der Waals surface area contributed by atoms with Crippen LogP contribution >= 0.6 is 0 Å². The first-order valence-corrected chi connectivity index (χ1v) is 17.3. The summed E-state index contributed by atoms with van der Waals surface area (Å²) in [5, 5.41) is 1.09. The Balaban J connectivity index is 1.12. The topological polar surface area (TPSA) is 112 Å². The number of carbonyl (C=O) groups excluding carboxylic acids is 2. The molecule has 1 aromatic carbocycles. The highest BCUT2D eigenvalue weighted by atomic mass is 16.5. The van der Waals surface area contributed by atoms with Crippen molar-refractivity contribution in [2.24, 2.45) is 29.4 Å². The predicted molar refractivity (Wildman–Crippen MR) is 175 cm³/mol. The molecule has 2 bridgehead atoms. The molecule has 240 valence electrons. The van der Waals surface area contributed by atoms with E-state index in [1.807, 2.05) is 29.3 Å². The normalized spacial score (nSPS) is 24.9. The molecule has 3 aliphatic carbocycles. The zero-order valence-corrected chi connectivity index (χ0v) is 26.6. The first kappa shape index (κ1) is 28.3. The number of methoxy groups -OCH3 is 1. The maximum absolute atomic E-state index is 13.9. The molecule has 2 amide bonds. The minimum atomic E-state index is 0.00561. The Hall–Kier alpha value is -3.92. The van der Waals surface area contributed by atoms with E-state index >= 15 is 0 Å². The molecular weight excluding hydrogens is 578 g/mol. The molecule has 9 rings (SSSR count). The lowest BCUT2D eigenvalue weighted by atomic mass is 9.96. The Morgan fingerprint density at radius 1 is 0.957 bits per heavy atom. The number of pyridine rings is 1. The highest BCUT2D eigenvalue weighted by Crippen LogP contribution is 2.41. The third-order valence-corrected chi connectivity index (χ3v) is 11.6. The van der Waals surface area contributed by atoms with Gasteiger partial charge in [0.25, 0.3) is 5.91 Å². The van der Waals surface area contributed by atoms with Crippen LogP contribution < -0.4 is 10.5 Å². The fourth-order valence-corrected chi connectivity index (χ4v) is 8.90. The van der Waals surface area contributed by atoms with Gasteiger partial charge in [-0.05, 0) is 80.7 Å². The van der Waals surface area contributed by atoms with Gasteiger partial charge in [0.15, 0.2) is 5.82 Å². The van der Waals surface area contributed by atoms with Crippen molar-refractivity contribution in [2.45, 2.75) is 76.5 Å². The van der Waals surface area contributed by atoms with Crippen LogP contribution in [0.2, 0.25) is 0 Å². The highest BCUT2D eigenvalue weighted by molar-refractivity contribution is 6.00. The number of amides is 2. The van der Waals surface area contributed by atoms with E-state index in [4.69, 9.17) is 20.4 Å². The molecule has 2 aliphatic heterocycles. The number of hydrogen-bond acceptors (Lipinski definition) is 6. The molecule has 2 N–H and O–H groups in total. The van der Waals surface area contributed by atoms with Gasteiger partial charge in [0.2, 0.25) is 5.91 Å². The smallest absolute Gasteiger partial charge is 0.254 e. The lowest BCUT2D eigenvalue weighted by molar-refractivity contribution is -0.142. The lowest BCUT2D eigenvalue weighted by Gasteiger charge is -2.41. The van der Waals surface area contributed by atoms with Crippen LogP contribution in [0.3, 0.4) is 0 Å². The molecule has 10 nitrogen and oxygen atoms in total. The molecular formula is C36H43N7O3. The maximum atomic E-state index is 13.9. The number of hydrogen-bond donors (Lipinski definition) is 1. The summed E-state index contributed by atoms with van der Waals surface area (Å²) < 4.78 is 10.7. The molecule has 3 aromatic heterocycles. The number of imidazole rings is 1. The fourth-order valence-electron chi connectivity index (χ4n) is 8.90. The van der Waals surface area contributed by atoms with Crippen molar-refractivity contribution in [2.75, 3.05) is 26.7 Å². The van der Waals surface area contributed by atoms with Gasteiger partial charge in [-0.3, -0.25) is 9.59 Å². The Labute approximate surface area is 268 Å². The Morgan fingerprint density at radius 2 is 1.76 bits per heavy atom. The van der Waals surface area contributed by atoms with E-state index in [0.717, 1.165) is 98.3 Å². The van der Waals surface area contributed by atoms with Gasteiger partial charge in [0.1, 0.15) is 16.9 Å². The number of piperidine rings is 1. The number of likely N-dealkylation sites (tertiary alicyclic amines) is 2. The van der Waals surface area contributed by atoms with Crippen LogP contribution in [0, 0.1) is 23.7 Å². The van der Waals surface area contributed by atoms with Gasteiger partial charge in [-0.1, -0.05) is 12.8 Å². The number of carbonyl (C=O) groups is 2. The van der Waals surface area contributed by atoms with Gasteiger partial charge in [-0.2, -0.15) is 0 Å². The van der Waals surface area contributed by atoms with Gasteiger partial charge in [0, 0.05) is 73.8 Å². The van der Waals surface area contributed by atoms with Gasteiger partial charge in [0.05, 0.1) is 18.3 Å². The number of ether oxygens (including phenoxy) is 1.